The standard InChI is InChI=1S/C9H13F3N4O2/c10-9(11,12)7-6(8(13)18)14-15-16(7)4-2-1-3-5-17/h17H,1-5H2,(H2,13,18). The Morgan fingerprint density at radius 3 is 2.50 bits per heavy atom. The SMILES string of the molecule is NC(=O)c1nnn(CCCCCO)c1C(F)(F)F. The number of aliphatic hydroxyl groups excluding tert-OH is 1. The summed E-state index contributed by atoms with van der Waals surface area (Å²) in [7, 11) is 0. The Labute approximate surface area is 101 Å². The van der Waals surface area contributed by atoms with E-state index < -0.39 is 23.5 Å². The zero-order valence-electron chi connectivity index (χ0n) is 9.44. The van der Waals surface area contributed by atoms with Crippen molar-refractivity contribution in [1.82, 2.24) is 15.0 Å². The van der Waals surface area contributed by atoms with Gasteiger partial charge in [-0.05, 0) is 19.3 Å². The molecule has 18 heavy (non-hydrogen) atoms. The zero-order chi connectivity index (χ0) is 13.8. The number of amides is 1. The van der Waals surface area contributed by atoms with Gasteiger partial charge in [0.15, 0.2) is 11.4 Å². The lowest BCUT2D eigenvalue weighted by atomic mass is 10.2. The van der Waals surface area contributed by atoms with Crippen molar-refractivity contribution in [2.75, 3.05) is 6.61 Å². The molecule has 0 fully saturated rings. The lowest BCUT2D eigenvalue weighted by molar-refractivity contribution is -0.144. The van der Waals surface area contributed by atoms with E-state index in [9.17, 15) is 18.0 Å². The molecule has 1 aromatic heterocycles. The number of nitrogens with zero attached hydrogens (tertiary/aromatic N) is 3. The van der Waals surface area contributed by atoms with Crippen molar-refractivity contribution in [2.24, 2.45) is 5.73 Å². The maximum Gasteiger partial charge on any atom is 0.435 e. The van der Waals surface area contributed by atoms with Gasteiger partial charge in [0.25, 0.3) is 5.91 Å². The summed E-state index contributed by atoms with van der Waals surface area (Å²) in [5.41, 5.74) is 2.72. The Morgan fingerprint density at radius 1 is 1.33 bits per heavy atom. The summed E-state index contributed by atoms with van der Waals surface area (Å²) in [6.45, 7) is -0.0505. The van der Waals surface area contributed by atoms with Crippen molar-refractivity contribution in [1.29, 1.82) is 0 Å². The van der Waals surface area contributed by atoms with Crippen LogP contribution in [0.1, 0.15) is 35.4 Å². The van der Waals surface area contributed by atoms with Crippen LogP contribution in [-0.2, 0) is 12.7 Å². The van der Waals surface area contributed by atoms with Gasteiger partial charge in [-0.2, -0.15) is 13.2 Å². The number of hydrogen-bond acceptors (Lipinski definition) is 4. The quantitative estimate of drug-likeness (QED) is 0.735. The molecule has 0 radical (unpaired) electrons. The van der Waals surface area contributed by atoms with Crippen LogP contribution in [-0.4, -0.2) is 32.6 Å². The first-order chi connectivity index (χ1) is 8.38. The third-order valence-electron chi connectivity index (χ3n) is 2.27. The Kier molecular flexibility index (Phi) is 4.65. The number of carbonyl (C=O) groups is 1. The highest BCUT2D eigenvalue weighted by molar-refractivity contribution is 5.91. The lowest BCUT2D eigenvalue weighted by Gasteiger charge is -2.09. The second-order valence-corrected chi connectivity index (χ2v) is 3.66. The Hall–Kier alpha value is -1.64. The molecule has 0 aliphatic rings. The number of carbonyl (C=O) groups excluding carboxylic acids is 1. The van der Waals surface area contributed by atoms with E-state index >= 15 is 0 Å². The number of halogens is 3. The van der Waals surface area contributed by atoms with E-state index in [4.69, 9.17) is 10.8 Å². The smallest absolute Gasteiger partial charge is 0.396 e. The third-order valence-corrected chi connectivity index (χ3v) is 2.27. The highest BCUT2D eigenvalue weighted by atomic mass is 19.4. The molecule has 0 unspecified atom stereocenters. The Bertz CT molecular complexity index is 416. The maximum atomic E-state index is 12.7. The molecule has 0 aromatic carbocycles. The van der Waals surface area contributed by atoms with Crippen molar-refractivity contribution < 1.29 is 23.1 Å². The van der Waals surface area contributed by atoms with E-state index in [1.54, 1.807) is 0 Å². The number of aliphatic hydroxyl groups is 1. The summed E-state index contributed by atoms with van der Waals surface area (Å²) >= 11 is 0. The predicted molar refractivity (Wildman–Crippen MR) is 54.5 cm³/mol. The molecule has 102 valence electrons. The average molecular weight is 266 g/mol. The molecule has 1 heterocycles. The molecule has 0 aliphatic carbocycles. The molecule has 0 atom stereocenters. The minimum atomic E-state index is -4.73. The first-order valence-electron chi connectivity index (χ1n) is 5.29. The highest BCUT2D eigenvalue weighted by Crippen LogP contribution is 2.31. The molecule has 6 nitrogen and oxygen atoms in total. The van der Waals surface area contributed by atoms with Gasteiger partial charge in [0, 0.05) is 13.2 Å². The predicted octanol–water partition coefficient (Wildman–Crippen LogP) is 0.558. The minimum absolute atomic E-state index is 0.0178. The van der Waals surface area contributed by atoms with Gasteiger partial charge in [0.2, 0.25) is 0 Å². The van der Waals surface area contributed by atoms with Crippen molar-refractivity contribution in [2.45, 2.75) is 32.0 Å². The first kappa shape index (κ1) is 14.4. The molecule has 0 saturated carbocycles. The van der Waals surface area contributed by atoms with Gasteiger partial charge in [0.1, 0.15) is 0 Å². The van der Waals surface area contributed by atoms with E-state index in [1.165, 1.54) is 0 Å². The number of rotatable bonds is 6. The van der Waals surface area contributed by atoms with Gasteiger partial charge in [-0.1, -0.05) is 5.21 Å². The van der Waals surface area contributed by atoms with Crippen LogP contribution in [0.4, 0.5) is 13.2 Å². The molecule has 0 aliphatic heterocycles. The van der Waals surface area contributed by atoms with Crippen LogP contribution >= 0.6 is 0 Å². The molecule has 9 heteroatoms. The van der Waals surface area contributed by atoms with Gasteiger partial charge in [-0.15, -0.1) is 5.10 Å². The van der Waals surface area contributed by atoms with Crippen molar-refractivity contribution >= 4 is 5.91 Å². The van der Waals surface area contributed by atoms with Gasteiger partial charge in [-0.3, -0.25) is 4.79 Å². The van der Waals surface area contributed by atoms with Crippen molar-refractivity contribution in [3.8, 4) is 0 Å². The second kappa shape index (κ2) is 5.80. The molecule has 3 N–H and O–H groups in total. The second-order valence-electron chi connectivity index (χ2n) is 3.66. The monoisotopic (exact) mass is 266 g/mol. The molecule has 0 bridgehead atoms. The van der Waals surface area contributed by atoms with E-state index in [0.29, 0.717) is 23.9 Å². The van der Waals surface area contributed by atoms with Gasteiger partial charge < -0.3 is 10.8 Å². The number of nitrogens with two attached hydrogens (primary N) is 1. The van der Waals surface area contributed by atoms with E-state index in [-0.39, 0.29) is 13.2 Å². The number of hydrogen-bond donors (Lipinski definition) is 2. The normalized spacial score (nSPS) is 11.8. The molecule has 0 saturated heterocycles. The van der Waals surface area contributed by atoms with Gasteiger partial charge in [0.05, 0.1) is 0 Å². The van der Waals surface area contributed by atoms with Crippen molar-refractivity contribution in [3.05, 3.63) is 11.4 Å². The van der Waals surface area contributed by atoms with Crippen LogP contribution in [0, 0.1) is 0 Å². The summed E-state index contributed by atoms with van der Waals surface area (Å²) in [6.07, 6.45) is -3.28. The summed E-state index contributed by atoms with van der Waals surface area (Å²) in [6, 6.07) is 0. The number of alkyl halides is 3. The summed E-state index contributed by atoms with van der Waals surface area (Å²) in [5, 5.41) is 15.0. The number of unbranched alkanes of at least 4 members (excludes halogenated alkanes) is 2. The summed E-state index contributed by atoms with van der Waals surface area (Å²) in [5.74, 6) is -1.26. The number of aromatic nitrogens is 3. The van der Waals surface area contributed by atoms with E-state index in [2.05, 4.69) is 10.3 Å². The highest BCUT2D eigenvalue weighted by Gasteiger charge is 2.40. The number of aryl methyl sites for hydroxylation is 1. The Morgan fingerprint density at radius 2 is 2.00 bits per heavy atom. The fourth-order valence-electron chi connectivity index (χ4n) is 1.47. The van der Waals surface area contributed by atoms with Crippen LogP contribution in [0.5, 0.6) is 0 Å². The summed E-state index contributed by atoms with van der Waals surface area (Å²) in [4.78, 5) is 10.8. The molecular weight excluding hydrogens is 253 g/mol. The van der Waals surface area contributed by atoms with E-state index in [1.807, 2.05) is 0 Å². The molecule has 0 spiro atoms. The molecule has 1 rings (SSSR count). The Balaban J connectivity index is 2.88. The average Bonchev–Trinajstić information content (AvgIpc) is 2.68. The third kappa shape index (κ3) is 3.42. The fourth-order valence-corrected chi connectivity index (χ4v) is 1.47. The minimum Gasteiger partial charge on any atom is -0.396 e. The lowest BCUT2D eigenvalue weighted by Crippen LogP contribution is -2.21. The first-order valence-corrected chi connectivity index (χ1v) is 5.29. The molecule has 1 amide bonds. The molecule has 1 aromatic rings. The van der Waals surface area contributed by atoms with Crippen molar-refractivity contribution in [3.63, 3.8) is 0 Å². The van der Waals surface area contributed by atoms with E-state index in [0.717, 1.165) is 0 Å². The summed E-state index contributed by atoms with van der Waals surface area (Å²) < 4.78 is 38.8. The largest absolute Gasteiger partial charge is 0.435 e. The topological polar surface area (TPSA) is 94.0 Å². The van der Waals surface area contributed by atoms with Crippen LogP contribution in [0.2, 0.25) is 0 Å². The molecular formula is C9H13F3N4O2. The zero-order valence-corrected chi connectivity index (χ0v) is 9.44. The number of primary amides is 1. The van der Waals surface area contributed by atoms with Gasteiger partial charge >= 0.3 is 6.18 Å². The van der Waals surface area contributed by atoms with Crippen LogP contribution < -0.4 is 5.73 Å². The maximum absolute atomic E-state index is 12.7. The fraction of sp³-hybridized carbons (Fsp3) is 0.667. The van der Waals surface area contributed by atoms with Crippen LogP contribution in [0.3, 0.4) is 0 Å². The van der Waals surface area contributed by atoms with Gasteiger partial charge in [-0.25, -0.2) is 4.68 Å². The van der Waals surface area contributed by atoms with Crippen LogP contribution in [0.15, 0.2) is 0 Å². The van der Waals surface area contributed by atoms with Crippen LogP contribution in [0.25, 0.3) is 0 Å².